The lowest BCUT2D eigenvalue weighted by molar-refractivity contribution is 0.338. The summed E-state index contributed by atoms with van der Waals surface area (Å²) >= 11 is 1.59. The van der Waals surface area contributed by atoms with Crippen molar-refractivity contribution < 1.29 is 4.74 Å². The summed E-state index contributed by atoms with van der Waals surface area (Å²) in [6.45, 7) is 4.60. The van der Waals surface area contributed by atoms with Gasteiger partial charge >= 0.3 is 0 Å². The minimum atomic E-state index is -0.0636. The van der Waals surface area contributed by atoms with Gasteiger partial charge in [-0.25, -0.2) is 4.98 Å². The standard InChI is InChI=1S/C19H20N2O2S/c1-3-13-24-19-20-15-10-6-5-9-14(15)18(22)21(19)16-11-7-8-12-17(16)23-4-2/h5-12H,3-4,13H2,1-2H3. The molecular formula is C19H20N2O2S. The summed E-state index contributed by atoms with van der Waals surface area (Å²) in [6.07, 6.45) is 1.01. The Bertz CT molecular complexity index is 905. The molecular weight excluding hydrogens is 320 g/mol. The number of aromatic nitrogens is 2. The van der Waals surface area contributed by atoms with E-state index in [-0.39, 0.29) is 5.56 Å². The molecule has 0 saturated carbocycles. The van der Waals surface area contributed by atoms with Crippen LogP contribution in [0.5, 0.6) is 5.75 Å². The van der Waals surface area contributed by atoms with E-state index in [1.807, 2.05) is 55.5 Å². The first-order valence-corrected chi connectivity index (χ1v) is 9.11. The fourth-order valence-electron chi connectivity index (χ4n) is 2.53. The molecule has 0 aliphatic carbocycles. The van der Waals surface area contributed by atoms with Crippen molar-refractivity contribution in [1.82, 2.24) is 9.55 Å². The van der Waals surface area contributed by atoms with Gasteiger partial charge in [0.2, 0.25) is 0 Å². The molecule has 0 unspecified atom stereocenters. The summed E-state index contributed by atoms with van der Waals surface area (Å²) in [5, 5.41) is 1.32. The van der Waals surface area contributed by atoms with Gasteiger partial charge in [-0.1, -0.05) is 43.0 Å². The summed E-state index contributed by atoms with van der Waals surface area (Å²) in [4.78, 5) is 17.8. The highest BCUT2D eigenvalue weighted by molar-refractivity contribution is 7.99. The van der Waals surface area contributed by atoms with Gasteiger partial charge < -0.3 is 4.74 Å². The zero-order chi connectivity index (χ0) is 16.9. The average molecular weight is 340 g/mol. The average Bonchev–Trinajstić information content (AvgIpc) is 2.61. The van der Waals surface area contributed by atoms with Crippen molar-refractivity contribution in [1.29, 1.82) is 0 Å². The largest absolute Gasteiger partial charge is 0.492 e. The molecule has 4 nitrogen and oxygen atoms in total. The first-order valence-electron chi connectivity index (χ1n) is 8.13. The number of para-hydroxylation sites is 3. The lowest BCUT2D eigenvalue weighted by Gasteiger charge is -2.16. The van der Waals surface area contributed by atoms with Gasteiger partial charge in [0.05, 0.1) is 23.2 Å². The highest BCUT2D eigenvalue weighted by Gasteiger charge is 2.15. The zero-order valence-electron chi connectivity index (χ0n) is 13.9. The Labute approximate surface area is 145 Å². The Kier molecular flexibility index (Phi) is 5.20. The molecule has 0 amide bonds. The number of ether oxygens (including phenoxy) is 1. The molecule has 0 atom stereocenters. The minimum Gasteiger partial charge on any atom is -0.492 e. The molecule has 1 heterocycles. The minimum absolute atomic E-state index is 0.0636. The number of thioether (sulfide) groups is 1. The van der Waals surface area contributed by atoms with Crippen molar-refractivity contribution in [2.24, 2.45) is 0 Å². The van der Waals surface area contributed by atoms with Gasteiger partial charge in [0.25, 0.3) is 5.56 Å². The maximum Gasteiger partial charge on any atom is 0.266 e. The van der Waals surface area contributed by atoms with Crippen molar-refractivity contribution >= 4 is 22.7 Å². The van der Waals surface area contributed by atoms with Gasteiger partial charge in [0.1, 0.15) is 5.75 Å². The van der Waals surface area contributed by atoms with Gasteiger partial charge in [-0.2, -0.15) is 0 Å². The Morgan fingerprint density at radius 3 is 2.62 bits per heavy atom. The van der Waals surface area contributed by atoms with E-state index in [0.717, 1.165) is 23.4 Å². The van der Waals surface area contributed by atoms with Gasteiger partial charge in [0.15, 0.2) is 5.16 Å². The van der Waals surface area contributed by atoms with Crippen LogP contribution in [0.25, 0.3) is 16.6 Å². The summed E-state index contributed by atoms with van der Waals surface area (Å²) in [5.74, 6) is 1.60. The van der Waals surface area contributed by atoms with Crippen LogP contribution in [-0.4, -0.2) is 21.9 Å². The Morgan fingerprint density at radius 1 is 1.08 bits per heavy atom. The quantitative estimate of drug-likeness (QED) is 0.496. The molecule has 0 N–H and O–H groups in total. The van der Waals surface area contributed by atoms with Crippen molar-refractivity contribution in [2.45, 2.75) is 25.4 Å². The highest BCUT2D eigenvalue weighted by Crippen LogP contribution is 2.27. The third kappa shape index (κ3) is 3.17. The summed E-state index contributed by atoms with van der Waals surface area (Å²) in [7, 11) is 0. The Balaban J connectivity index is 2.29. The van der Waals surface area contributed by atoms with E-state index in [9.17, 15) is 4.79 Å². The molecule has 124 valence electrons. The molecule has 0 saturated heterocycles. The van der Waals surface area contributed by atoms with Gasteiger partial charge in [-0.05, 0) is 37.6 Å². The third-order valence-electron chi connectivity index (χ3n) is 3.59. The number of fused-ring (bicyclic) bond motifs is 1. The molecule has 0 fully saturated rings. The molecule has 3 rings (SSSR count). The molecule has 0 spiro atoms. The maximum absolute atomic E-state index is 13.1. The number of benzene rings is 2. The van der Waals surface area contributed by atoms with Crippen LogP contribution in [-0.2, 0) is 0 Å². The van der Waals surface area contributed by atoms with Crippen LogP contribution in [0.2, 0.25) is 0 Å². The van der Waals surface area contributed by atoms with Crippen LogP contribution >= 0.6 is 11.8 Å². The van der Waals surface area contributed by atoms with Gasteiger partial charge in [-0.15, -0.1) is 0 Å². The molecule has 0 bridgehead atoms. The molecule has 3 aromatic rings. The normalized spacial score (nSPS) is 10.9. The summed E-state index contributed by atoms with van der Waals surface area (Å²) in [5.41, 5.74) is 1.40. The van der Waals surface area contributed by atoms with E-state index in [2.05, 4.69) is 6.92 Å². The molecule has 2 aromatic carbocycles. The van der Waals surface area contributed by atoms with E-state index < -0.39 is 0 Å². The fourth-order valence-corrected chi connectivity index (χ4v) is 3.39. The fraction of sp³-hybridized carbons (Fsp3) is 0.263. The number of hydrogen-bond donors (Lipinski definition) is 0. The van der Waals surface area contributed by atoms with Crippen molar-refractivity contribution in [3.63, 3.8) is 0 Å². The number of rotatable bonds is 6. The first-order chi connectivity index (χ1) is 11.8. The van der Waals surface area contributed by atoms with Crippen molar-refractivity contribution in [3.05, 3.63) is 58.9 Å². The van der Waals surface area contributed by atoms with E-state index in [1.54, 1.807) is 16.3 Å². The topological polar surface area (TPSA) is 44.1 Å². The highest BCUT2D eigenvalue weighted by atomic mass is 32.2. The summed E-state index contributed by atoms with van der Waals surface area (Å²) in [6, 6.07) is 15.1. The number of hydrogen-bond acceptors (Lipinski definition) is 4. The summed E-state index contributed by atoms with van der Waals surface area (Å²) < 4.78 is 7.40. The molecule has 0 aliphatic heterocycles. The predicted octanol–water partition coefficient (Wildman–Crippen LogP) is 4.29. The van der Waals surface area contributed by atoms with Crippen LogP contribution in [0.15, 0.2) is 58.5 Å². The second kappa shape index (κ2) is 7.53. The van der Waals surface area contributed by atoms with E-state index in [4.69, 9.17) is 9.72 Å². The van der Waals surface area contributed by atoms with Gasteiger partial charge in [-0.3, -0.25) is 9.36 Å². The third-order valence-corrected chi connectivity index (χ3v) is 4.73. The number of nitrogens with zero attached hydrogens (tertiary/aromatic N) is 2. The Morgan fingerprint density at radius 2 is 1.83 bits per heavy atom. The van der Waals surface area contributed by atoms with Crippen molar-refractivity contribution in [2.75, 3.05) is 12.4 Å². The lowest BCUT2D eigenvalue weighted by Crippen LogP contribution is -2.22. The lowest BCUT2D eigenvalue weighted by atomic mass is 10.2. The predicted molar refractivity (Wildman–Crippen MR) is 99.5 cm³/mol. The molecule has 1 aromatic heterocycles. The first kappa shape index (κ1) is 16.6. The SMILES string of the molecule is CCCSc1nc2ccccc2c(=O)n1-c1ccccc1OCC. The van der Waals surface area contributed by atoms with Crippen LogP contribution < -0.4 is 10.3 Å². The monoisotopic (exact) mass is 340 g/mol. The Hall–Kier alpha value is -2.27. The zero-order valence-corrected chi connectivity index (χ0v) is 14.7. The van der Waals surface area contributed by atoms with Crippen LogP contribution in [0.1, 0.15) is 20.3 Å². The van der Waals surface area contributed by atoms with Crippen LogP contribution in [0, 0.1) is 0 Å². The molecule has 0 aliphatic rings. The second-order valence-electron chi connectivity index (χ2n) is 5.30. The smallest absolute Gasteiger partial charge is 0.266 e. The van der Waals surface area contributed by atoms with Gasteiger partial charge in [0, 0.05) is 5.75 Å². The van der Waals surface area contributed by atoms with E-state index in [1.165, 1.54) is 0 Å². The van der Waals surface area contributed by atoms with E-state index >= 15 is 0 Å². The molecule has 24 heavy (non-hydrogen) atoms. The second-order valence-corrected chi connectivity index (χ2v) is 6.36. The molecule has 0 radical (unpaired) electrons. The van der Waals surface area contributed by atoms with Crippen LogP contribution in [0.3, 0.4) is 0 Å². The van der Waals surface area contributed by atoms with Crippen molar-refractivity contribution in [3.8, 4) is 11.4 Å². The molecule has 5 heteroatoms. The van der Waals surface area contributed by atoms with Crippen LogP contribution in [0.4, 0.5) is 0 Å². The van der Waals surface area contributed by atoms with E-state index in [0.29, 0.717) is 22.9 Å². The maximum atomic E-state index is 13.1.